The summed E-state index contributed by atoms with van der Waals surface area (Å²) in [5.74, 6) is 0.846. The van der Waals surface area contributed by atoms with Crippen molar-refractivity contribution >= 4 is 23.6 Å². The number of amides is 1. The van der Waals surface area contributed by atoms with Crippen LogP contribution in [0.1, 0.15) is 32.6 Å². The molecule has 0 heterocycles. The van der Waals surface area contributed by atoms with Gasteiger partial charge in [0.1, 0.15) is 5.75 Å². The van der Waals surface area contributed by atoms with Crippen molar-refractivity contribution < 1.29 is 19.1 Å². The summed E-state index contributed by atoms with van der Waals surface area (Å²) >= 11 is 1.37. The zero-order chi connectivity index (χ0) is 17.4. The van der Waals surface area contributed by atoms with Crippen molar-refractivity contribution in [3.63, 3.8) is 0 Å². The molecule has 1 amide bonds. The molecule has 132 valence electrons. The van der Waals surface area contributed by atoms with Gasteiger partial charge in [-0.1, -0.05) is 19.8 Å². The first-order valence-electron chi connectivity index (χ1n) is 8.30. The van der Waals surface area contributed by atoms with Gasteiger partial charge in [-0.2, -0.15) is 0 Å². The maximum atomic E-state index is 11.9. The third-order valence-electron chi connectivity index (χ3n) is 4.24. The van der Waals surface area contributed by atoms with Crippen LogP contribution in [0.3, 0.4) is 0 Å². The van der Waals surface area contributed by atoms with Crippen molar-refractivity contribution in [3.05, 3.63) is 24.3 Å². The number of carbonyl (C=O) groups is 2. The van der Waals surface area contributed by atoms with Crippen molar-refractivity contribution in [1.29, 1.82) is 0 Å². The molecule has 0 aromatic heterocycles. The van der Waals surface area contributed by atoms with Crippen LogP contribution in [0, 0.1) is 5.92 Å². The third kappa shape index (κ3) is 6.07. The van der Waals surface area contributed by atoms with Gasteiger partial charge in [0.25, 0.3) is 5.91 Å². The average molecular weight is 351 g/mol. The lowest BCUT2D eigenvalue weighted by molar-refractivity contribution is -0.146. The maximum absolute atomic E-state index is 11.9. The fourth-order valence-corrected chi connectivity index (χ4v) is 3.48. The highest BCUT2D eigenvalue weighted by atomic mass is 32.2. The van der Waals surface area contributed by atoms with Gasteiger partial charge in [0.2, 0.25) is 0 Å². The number of thioether (sulfide) groups is 1. The molecule has 1 saturated carbocycles. The molecule has 1 aromatic rings. The molecule has 2 atom stereocenters. The summed E-state index contributed by atoms with van der Waals surface area (Å²) in [7, 11) is 1.61. The summed E-state index contributed by atoms with van der Waals surface area (Å²) in [5.41, 5.74) is 0. The average Bonchev–Trinajstić information content (AvgIpc) is 2.60. The second kappa shape index (κ2) is 9.57. The van der Waals surface area contributed by atoms with Gasteiger partial charge >= 0.3 is 5.97 Å². The number of nitrogens with one attached hydrogen (secondary N) is 1. The Morgan fingerprint density at radius 3 is 2.58 bits per heavy atom. The monoisotopic (exact) mass is 351 g/mol. The minimum absolute atomic E-state index is 0.180. The van der Waals surface area contributed by atoms with Crippen molar-refractivity contribution in [2.75, 3.05) is 19.5 Å². The quantitative estimate of drug-likeness (QED) is 0.604. The van der Waals surface area contributed by atoms with Crippen LogP contribution in [0.2, 0.25) is 0 Å². The predicted octanol–water partition coefficient (Wildman–Crippen LogP) is 3.03. The fourth-order valence-electron chi connectivity index (χ4n) is 2.78. The standard InChI is InChI=1S/C18H25NO4S/c1-13-5-3-4-6-16(13)19-17(20)11-23-18(21)12-24-15-9-7-14(22-2)8-10-15/h7-10,13,16H,3-6,11-12H2,1-2H3,(H,19,20)/t13-,16+/m1/s1. The minimum Gasteiger partial charge on any atom is -0.497 e. The van der Waals surface area contributed by atoms with E-state index in [2.05, 4.69) is 12.2 Å². The molecule has 24 heavy (non-hydrogen) atoms. The first kappa shape index (κ1) is 18.6. The number of hydrogen-bond acceptors (Lipinski definition) is 5. The summed E-state index contributed by atoms with van der Waals surface area (Å²) in [6.07, 6.45) is 4.52. The molecule has 1 aromatic carbocycles. The Labute approximate surface area is 147 Å². The molecule has 0 radical (unpaired) electrons. The summed E-state index contributed by atoms with van der Waals surface area (Å²) in [6.45, 7) is 1.95. The van der Waals surface area contributed by atoms with Crippen molar-refractivity contribution in [2.45, 2.75) is 43.5 Å². The van der Waals surface area contributed by atoms with Gasteiger partial charge in [0.15, 0.2) is 6.61 Å². The largest absolute Gasteiger partial charge is 0.497 e. The van der Waals surface area contributed by atoms with Crippen molar-refractivity contribution in [2.24, 2.45) is 5.92 Å². The number of hydrogen-bond donors (Lipinski definition) is 1. The number of methoxy groups -OCH3 is 1. The van der Waals surface area contributed by atoms with E-state index in [-0.39, 0.29) is 30.3 Å². The number of ether oxygens (including phenoxy) is 2. The molecule has 0 unspecified atom stereocenters. The van der Waals surface area contributed by atoms with Gasteiger partial charge in [0, 0.05) is 10.9 Å². The van der Waals surface area contributed by atoms with E-state index in [1.165, 1.54) is 18.2 Å². The maximum Gasteiger partial charge on any atom is 0.316 e. The molecular weight excluding hydrogens is 326 g/mol. The Hall–Kier alpha value is -1.69. The first-order chi connectivity index (χ1) is 11.6. The number of carbonyl (C=O) groups excluding carboxylic acids is 2. The van der Waals surface area contributed by atoms with Crippen LogP contribution in [0.5, 0.6) is 5.75 Å². The lowest BCUT2D eigenvalue weighted by Gasteiger charge is -2.29. The fraction of sp³-hybridized carbons (Fsp3) is 0.556. The second-order valence-corrected chi connectivity index (χ2v) is 7.11. The Kier molecular flexibility index (Phi) is 7.43. The van der Waals surface area contributed by atoms with Crippen molar-refractivity contribution in [1.82, 2.24) is 5.32 Å². The van der Waals surface area contributed by atoms with E-state index < -0.39 is 0 Å². The molecule has 6 heteroatoms. The molecule has 1 N–H and O–H groups in total. The molecule has 5 nitrogen and oxygen atoms in total. The highest BCUT2D eigenvalue weighted by Gasteiger charge is 2.23. The van der Waals surface area contributed by atoms with E-state index in [4.69, 9.17) is 9.47 Å². The Morgan fingerprint density at radius 1 is 1.21 bits per heavy atom. The summed E-state index contributed by atoms with van der Waals surface area (Å²) in [5, 5.41) is 2.97. The summed E-state index contributed by atoms with van der Waals surface area (Å²) in [6, 6.07) is 7.65. The van der Waals surface area contributed by atoms with Gasteiger partial charge in [-0.15, -0.1) is 11.8 Å². The molecular formula is C18H25NO4S. The molecule has 1 aliphatic carbocycles. The van der Waals surface area contributed by atoms with E-state index in [0.717, 1.165) is 29.9 Å². The highest BCUT2D eigenvalue weighted by molar-refractivity contribution is 8.00. The zero-order valence-corrected chi connectivity index (χ0v) is 15.1. The van der Waals surface area contributed by atoms with Crippen LogP contribution in [-0.2, 0) is 14.3 Å². The van der Waals surface area contributed by atoms with Crippen LogP contribution < -0.4 is 10.1 Å². The molecule has 0 saturated heterocycles. The smallest absolute Gasteiger partial charge is 0.316 e. The van der Waals surface area contributed by atoms with Crippen LogP contribution in [0.25, 0.3) is 0 Å². The lowest BCUT2D eigenvalue weighted by atomic mass is 9.86. The van der Waals surface area contributed by atoms with Crippen LogP contribution >= 0.6 is 11.8 Å². The number of benzene rings is 1. The molecule has 2 rings (SSSR count). The van der Waals surface area contributed by atoms with Gasteiger partial charge < -0.3 is 14.8 Å². The Morgan fingerprint density at radius 2 is 1.92 bits per heavy atom. The highest BCUT2D eigenvalue weighted by Crippen LogP contribution is 2.23. The second-order valence-electron chi connectivity index (χ2n) is 6.06. The third-order valence-corrected chi connectivity index (χ3v) is 5.22. The molecule has 0 aliphatic heterocycles. The summed E-state index contributed by atoms with van der Waals surface area (Å²) < 4.78 is 10.1. The molecule has 1 fully saturated rings. The van der Waals surface area contributed by atoms with Crippen molar-refractivity contribution in [3.8, 4) is 5.75 Å². The van der Waals surface area contributed by atoms with E-state index >= 15 is 0 Å². The Balaban J connectivity index is 1.65. The van der Waals surface area contributed by atoms with Crippen LogP contribution in [-0.4, -0.2) is 37.4 Å². The minimum atomic E-state index is -0.386. The number of esters is 1. The van der Waals surface area contributed by atoms with Crippen LogP contribution in [0.15, 0.2) is 29.2 Å². The Bertz CT molecular complexity index is 546. The van der Waals surface area contributed by atoms with E-state index in [1.54, 1.807) is 7.11 Å². The van der Waals surface area contributed by atoms with Gasteiger partial charge in [-0.3, -0.25) is 9.59 Å². The molecule has 0 spiro atoms. The topological polar surface area (TPSA) is 64.6 Å². The van der Waals surface area contributed by atoms with E-state index in [0.29, 0.717) is 5.92 Å². The van der Waals surface area contributed by atoms with Gasteiger partial charge in [-0.25, -0.2) is 0 Å². The van der Waals surface area contributed by atoms with E-state index in [9.17, 15) is 9.59 Å². The zero-order valence-electron chi connectivity index (χ0n) is 14.2. The van der Waals surface area contributed by atoms with Gasteiger partial charge in [0.05, 0.1) is 12.9 Å². The van der Waals surface area contributed by atoms with Crippen LogP contribution in [0.4, 0.5) is 0 Å². The summed E-state index contributed by atoms with van der Waals surface area (Å²) in [4.78, 5) is 24.6. The lowest BCUT2D eigenvalue weighted by Crippen LogP contribution is -2.43. The normalized spacial score (nSPS) is 20.2. The molecule has 1 aliphatic rings. The number of rotatable bonds is 7. The first-order valence-corrected chi connectivity index (χ1v) is 9.29. The van der Waals surface area contributed by atoms with Gasteiger partial charge in [-0.05, 0) is 43.0 Å². The SMILES string of the molecule is COc1ccc(SCC(=O)OCC(=O)N[C@H]2CCCC[C@H]2C)cc1. The predicted molar refractivity (Wildman–Crippen MR) is 94.2 cm³/mol. The molecule has 0 bridgehead atoms. The van der Waals surface area contributed by atoms with E-state index in [1.807, 2.05) is 24.3 Å².